The van der Waals surface area contributed by atoms with E-state index >= 15 is 0 Å². The molecule has 0 aliphatic rings. The molecule has 0 bridgehead atoms. The fourth-order valence-electron chi connectivity index (χ4n) is 1.63. The summed E-state index contributed by atoms with van der Waals surface area (Å²) in [6, 6.07) is 10.00. The van der Waals surface area contributed by atoms with Crippen molar-refractivity contribution in [1.29, 1.82) is 0 Å². The number of nitrogens with zero attached hydrogens (tertiary/aromatic N) is 3. The number of aromatic nitrogens is 1. The van der Waals surface area contributed by atoms with E-state index in [1.807, 2.05) is 12.1 Å². The second-order valence-corrected chi connectivity index (χ2v) is 5.30. The Morgan fingerprint density at radius 2 is 1.83 bits per heavy atom. The molecular weight excluding hydrogens is 372 g/mol. The molecule has 0 unspecified atom stereocenters. The maximum atomic E-state index is 12.5. The van der Waals surface area contributed by atoms with Crippen molar-refractivity contribution in [2.75, 3.05) is 0 Å². The summed E-state index contributed by atoms with van der Waals surface area (Å²) in [5.41, 5.74) is 3.73. The second-order valence-electron chi connectivity index (χ2n) is 4.49. The van der Waals surface area contributed by atoms with Gasteiger partial charge in [0.15, 0.2) is 0 Å². The molecule has 4 nitrogen and oxygen atoms in total. The number of nitrogens with one attached hydrogen (secondary N) is 1. The molecule has 23 heavy (non-hydrogen) atoms. The van der Waals surface area contributed by atoms with E-state index in [9.17, 15) is 13.2 Å². The van der Waals surface area contributed by atoms with E-state index in [4.69, 9.17) is 0 Å². The van der Waals surface area contributed by atoms with Crippen molar-refractivity contribution in [3.05, 3.63) is 59.9 Å². The van der Waals surface area contributed by atoms with Crippen LogP contribution in [0, 0.1) is 0 Å². The monoisotopic (exact) mass is 385 g/mol. The Balaban J connectivity index is 2.05. The number of alkyl halides is 3. The average Bonchev–Trinajstić information content (AvgIpc) is 2.53. The molecule has 0 fully saturated rings. The first-order chi connectivity index (χ1) is 10.9. The Labute approximate surface area is 139 Å². The SMILES string of the molecule is CC(=NNC([Se])=Nc1ccc(C(F)(F)F)cc1)c1ccccn1. The number of hydrogen-bond donors (Lipinski definition) is 1. The first kappa shape index (κ1) is 17.2. The van der Waals surface area contributed by atoms with Gasteiger partial charge in [-0.3, -0.25) is 0 Å². The van der Waals surface area contributed by atoms with E-state index in [-0.39, 0.29) is 0 Å². The number of aliphatic imine (C=N–C) groups is 1. The summed E-state index contributed by atoms with van der Waals surface area (Å²) >= 11 is 2.67. The van der Waals surface area contributed by atoms with Crippen molar-refractivity contribution >= 4 is 32.1 Å². The summed E-state index contributed by atoms with van der Waals surface area (Å²) in [6.45, 7) is 1.78. The number of pyridine rings is 1. The van der Waals surface area contributed by atoms with Crippen LogP contribution in [-0.2, 0) is 6.18 Å². The van der Waals surface area contributed by atoms with Crippen LogP contribution in [0.2, 0.25) is 0 Å². The maximum absolute atomic E-state index is 12.5. The molecule has 0 spiro atoms. The molecule has 1 aromatic heterocycles. The van der Waals surface area contributed by atoms with Gasteiger partial charge in [0.1, 0.15) is 0 Å². The van der Waals surface area contributed by atoms with Gasteiger partial charge < -0.3 is 0 Å². The summed E-state index contributed by atoms with van der Waals surface area (Å²) in [6.07, 6.45) is -2.70. The second kappa shape index (κ2) is 7.39. The molecule has 0 amide bonds. The third-order valence-electron chi connectivity index (χ3n) is 2.78. The molecule has 2 rings (SSSR count). The Bertz CT molecular complexity index is 710. The Hall–Kier alpha value is -2.18. The molecule has 0 aliphatic heterocycles. The summed E-state index contributed by atoms with van der Waals surface area (Å²) < 4.78 is 37.8. The quantitative estimate of drug-likeness (QED) is 0.382. The molecule has 1 heterocycles. The molecule has 2 aromatic rings. The van der Waals surface area contributed by atoms with E-state index in [2.05, 4.69) is 36.5 Å². The first-order valence-corrected chi connectivity index (χ1v) is 7.36. The van der Waals surface area contributed by atoms with Gasteiger partial charge in [-0.15, -0.1) is 0 Å². The minimum absolute atomic E-state index is 0.333. The van der Waals surface area contributed by atoms with E-state index in [1.54, 1.807) is 19.2 Å². The topological polar surface area (TPSA) is 49.6 Å². The Morgan fingerprint density at radius 3 is 2.39 bits per heavy atom. The van der Waals surface area contributed by atoms with Gasteiger partial charge in [0.05, 0.1) is 0 Å². The summed E-state index contributed by atoms with van der Waals surface area (Å²) in [5.74, 6) is 0. The van der Waals surface area contributed by atoms with Crippen molar-refractivity contribution in [1.82, 2.24) is 10.4 Å². The Morgan fingerprint density at radius 1 is 1.13 bits per heavy atom. The van der Waals surface area contributed by atoms with Gasteiger partial charge in [-0.1, -0.05) is 0 Å². The van der Waals surface area contributed by atoms with E-state index in [0.717, 1.165) is 12.1 Å². The van der Waals surface area contributed by atoms with Crippen LogP contribution in [0.5, 0.6) is 0 Å². The van der Waals surface area contributed by atoms with E-state index < -0.39 is 11.7 Å². The number of rotatable bonds is 3. The standard InChI is InChI=1S/C15H12F3N4Se/c1-10(13-4-2-3-9-19-13)21-22-14(23)20-12-7-5-11(6-8-12)15(16,17)18/h2-9H,1H3,(H,20,22). The van der Waals surface area contributed by atoms with Crippen LogP contribution in [0.25, 0.3) is 0 Å². The van der Waals surface area contributed by atoms with Crippen LogP contribution in [0.4, 0.5) is 18.9 Å². The van der Waals surface area contributed by atoms with Crippen LogP contribution in [0.1, 0.15) is 18.2 Å². The van der Waals surface area contributed by atoms with Crippen molar-refractivity contribution in [2.45, 2.75) is 13.1 Å². The fraction of sp³-hybridized carbons (Fsp3) is 0.133. The van der Waals surface area contributed by atoms with Crippen LogP contribution in [-0.4, -0.2) is 31.4 Å². The van der Waals surface area contributed by atoms with E-state index in [0.29, 0.717) is 21.8 Å². The summed E-state index contributed by atoms with van der Waals surface area (Å²) in [5, 5.41) is 4.11. The zero-order valence-electron chi connectivity index (χ0n) is 12.0. The molecule has 0 aliphatic carbocycles. The summed E-state index contributed by atoms with van der Waals surface area (Å²) in [4.78, 5) is 8.25. The first-order valence-electron chi connectivity index (χ1n) is 6.51. The predicted octanol–water partition coefficient (Wildman–Crippen LogP) is 3.27. The van der Waals surface area contributed by atoms with Crippen molar-refractivity contribution < 1.29 is 13.2 Å². The molecule has 1 radical (unpaired) electrons. The molecule has 0 saturated heterocycles. The molecule has 1 aromatic carbocycles. The van der Waals surface area contributed by atoms with Crippen molar-refractivity contribution in [3.63, 3.8) is 0 Å². The van der Waals surface area contributed by atoms with Crippen molar-refractivity contribution in [2.24, 2.45) is 10.1 Å². The van der Waals surface area contributed by atoms with Gasteiger partial charge in [0.2, 0.25) is 0 Å². The molecule has 8 heteroatoms. The zero-order valence-corrected chi connectivity index (χ0v) is 13.7. The average molecular weight is 384 g/mol. The van der Waals surface area contributed by atoms with Gasteiger partial charge in [-0.25, -0.2) is 0 Å². The molecule has 119 valence electrons. The summed E-state index contributed by atoms with van der Waals surface area (Å²) in [7, 11) is 0. The van der Waals surface area contributed by atoms with Gasteiger partial charge in [-0.2, -0.15) is 0 Å². The molecular formula is C15H12F3N4Se. The van der Waals surface area contributed by atoms with Gasteiger partial charge in [0, 0.05) is 0 Å². The third kappa shape index (κ3) is 5.19. The predicted molar refractivity (Wildman–Crippen MR) is 83.9 cm³/mol. The van der Waals surface area contributed by atoms with E-state index in [1.165, 1.54) is 12.1 Å². The Kier molecular flexibility index (Phi) is 5.52. The number of hydrazone groups is 1. The molecule has 0 atom stereocenters. The van der Waals surface area contributed by atoms with Gasteiger partial charge >= 0.3 is 139 Å². The van der Waals surface area contributed by atoms with Crippen molar-refractivity contribution in [3.8, 4) is 0 Å². The van der Waals surface area contributed by atoms with Crippen LogP contribution in [0.15, 0.2) is 58.8 Å². The van der Waals surface area contributed by atoms with Crippen LogP contribution >= 0.6 is 0 Å². The van der Waals surface area contributed by atoms with Crippen LogP contribution < -0.4 is 5.43 Å². The number of hydrogen-bond acceptors (Lipinski definition) is 3. The molecule has 1 N–H and O–H groups in total. The van der Waals surface area contributed by atoms with Gasteiger partial charge in [0.25, 0.3) is 0 Å². The third-order valence-corrected chi connectivity index (χ3v) is 3.16. The minimum atomic E-state index is -4.36. The number of halogens is 3. The fourth-order valence-corrected chi connectivity index (χ4v) is 1.95. The number of amidine groups is 1. The van der Waals surface area contributed by atoms with Gasteiger partial charge in [-0.05, 0) is 0 Å². The normalized spacial score (nSPS) is 13.0. The van der Waals surface area contributed by atoms with Crippen LogP contribution in [0.3, 0.4) is 0 Å². The molecule has 0 saturated carbocycles. The zero-order chi connectivity index (χ0) is 16.9. The number of benzene rings is 1.